The molecule has 0 aromatic rings. The first-order chi connectivity index (χ1) is 10.6. The Morgan fingerprint density at radius 2 is 1.55 bits per heavy atom. The van der Waals surface area contributed by atoms with Crippen molar-refractivity contribution in [2.24, 2.45) is 29.6 Å². The lowest BCUT2D eigenvalue weighted by Gasteiger charge is -2.45. The molecule has 0 heterocycles. The summed E-state index contributed by atoms with van der Waals surface area (Å²) in [4.78, 5) is 0. The lowest BCUT2D eigenvalue weighted by atomic mass is 9.64. The molecule has 3 aliphatic rings. The molecule has 3 fully saturated rings. The molecule has 0 N–H and O–H groups in total. The third-order valence-electron chi connectivity index (χ3n) is 6.83. The van der Waals surface area contributed by atoms with E-state index < -0.39 is 24.4 Å². The third-order valence-corrected chi connectivity index (χ3v) is 6.83. The Balaban J connectivity index is 1.53. The Morgan fingerprint density at radius 1 is 0.818 bits per heavy atom. The Labute approximate surface area is 133 Å². The van der Waals surface area contributed by atoms with E-state index in [4.69, 9.17) is 0 Å². The minimum Gasteiger partial charge on any atom is -0.247 e. The topological polar surface area (TPSA) is 0 Å². The summed E-state index contributed by atoms with van der Waals surface area (Å²) in [5.41, 5.74) is 0. The zero-order chi connectivity index (χ0) is 15.7. The number of hydrogen-bond acceptors (Lipinski definition) is 0. The van der Waals surface area contributed by atoms with Crippen molar-refractivity contribution in [3.05, 3.63) is 0 Å². The summed E-state index contributed by atoms with van der Waals surface area (Å²) in [6.07, 6.45) is 5.71. The zero-order valence-corrected chi connectivity index (χ0v) is 13.8. The molecule has 0 bridgehead atoms. The average molecular weight is 316 g/mol. The van der Waals surface area contributed by atoms with Crippen LogP contribution in [0, 0.1) is 29.6 Å². The molecule has 128 valence electrons. The molecule has 6 unspecified atom stereocenters. The molecule has 0 aromatic carbocycles. The predicted octanol–water partition coefficient (Wildman–Crippen LogP) is 6.04. The van der Waals surface area contributed by atoms with Crippen molar-refractivity contribution < 1.29 is 13.2 Å². The second-order valence-corrected chi connectivity index (χ2v) is 8.37. The molecule has 3 heteroatoms. The predicted molar refractivity (Wildman–Crippen MR) is 84.0 cm³/mol. The maximum atomic E-state index is 14.5. The molecule has 3 aliphatic carbocycles. The Morgan fingerprint density at radius 3 is 2.27 bits per heavy atom. The van der Waals surface area contributed by atoms with Crippen LogP contribution in [0.25, 0.3) is 0 Å². The van der Waals surface area contributed by atoms with E-state index >= 15 is 0 Å². The van der Waals surface area contributed by atoms with Crippen molar-refractivity contribution in [1.82, 2.24) is 0 Å². The minimum atomic E-state index is -1.56. The maximum absolute atomic E-state index is 14.5. The molecule has 0 spiro atoms. The second-order valence-electron chi connectivity index (χ2n) is 8.37. The van der Waals surface area contributed by atoms with Crippen LogP contribution in [0.3, 0.4) is 0 Å². The van der Waals surface area contributed by atoms with E-state index in [0.717, 1.165) is 38.0 Å². The van der Waals surface area contributed by atoms with Crippen LogP contribution < -0.4 is 0 Å². The molecule has 0 radical (unpaired) electrons. The van der Waals surface area contributed by atoms with Gasteiger partial charge < -0.3 is 0 Å². The molecule has 0 aromatic heterocycles. The number of alkyl halides is 3. The van der Waals surface area contributed by atoms with Gasteiger partial charge in [0, 0.05) is 5.92 Å². The van der Waals surface area contributed by atoms with Crippen LogP contribution in [-0.2, 0) is 0 Å². The summed E-state index contributed by atoms with van der Waals surface area (Å²) >= 11 is 0. The minimum absolute atomic E-state index is 0.0853. The Bertz CT molecular complexity index is 349. The number of halogens is 3. The fourth-order valence-corrected chi connectivity index (χ4v) is 5.33. The summed E-state index contributed by atoms with van der Waals surface area (Å²) in [6.45, 7) is 2.30. The van der Waals surface area contributed by atoms with Crippen LogP contribution in [0.2, 0.25) is 0 Å². The largest absolute Gasteiger partial charge is 0.247 e. The van der Waals surface area contributed by atoms with Crippen molar-refractivity contribution in [1.29, 1.82) is 0 Å². The van der Waals surface area contributed by atoms with Crippen LogP contribution in [0.15, 0.2) is 0 Å². The maximum Gasteiger partial charge on any atom is 0.137 e. The molecule has 22 heavy (non-hydrogen) atoms. The fourth-order valence-electron chi connectivity index (χ4n) is 5.33. The van der Waals surface area contributed by atoms with Crippen LogP contribution in [0.4, 0.5) is 13.2 Å². The summed E-state index contributed by atoms with van der Waals surface area (Å²) in [7, 11) is 0. The van der Waals surface area contributed by atoms with E-state index in [1.807, 2.05) is 0 Å². The molecular formula is C19H31F3. The molecule has 3 rings (SSSR count). The van der Waals surface area contributed by atoms with E-state index in [1.54, 1.807) is 0 Å². The number of rotatable bonds is 3. The molecule has 0 nitrogen and oxygen atoms in total. The molecule has 0 saturated heterocycles. The Hall–Kier alpha value is -0.210. The quantitative estimate of drug-likeness (QED) is 0.595. The van der Waals surface area contributed by atoms with Gasteiger partial charge in [-0.05, 0) is 49.4 Å². The highest BCUT2D eigenvalue weighted by Gasteiger charge is 2.49. The van der Waals surface area contributed by atoms with Crippen molar-refractivity contribution in [3.8, 4) is 0 Å². The molecule has 0 aliphatic heterocycles. The van der Waals surface area contributed by atoms with E-state index in [1.165, 1.54) is 25.7 Å². The standard InChI is InChI=1S/C19H31F3/c1-12-5-7-13(8-6-12)9-10-15-11-14-3-2-4-16(20)17(14)19(22)18(15)21/h12-19H,2-11H2,1H3. The number of fused-ring (bicyclic) bond motifs is 1. The first-order valence-electron chi connectivity index (χ1n) is 9.48. The Kier molecular flexibility index (Phi) is 5.39. The van der Waals surface area contributed by atoms with Gasteiger partial charge in [0.25, 0.3) is 0 Å². The van der Waals surface area contributed by atoms with Gasteiger partial charge in [-0.3, -0.25) is 0 Å². The van der Waals surface area contributed by atoms with Gasteiger partial charge in [0.15, 0.2) is 0 Å². The summed E-state index contributed by atoms with van der Waals surface area (Å²) in [5, 5.41) is 0. The van der Waals surface area contributed by atoms with E-state index in [-0.39, 0.29) is 11.8 Å². The van der Waals surface area contributed by atoms with Gasteiger partial charge in [-0.25, -0.2) is 13.2 Å². The van der Waals surface area contributed by atoms with Crippen LogP contribution in [0.5, 0.6) is 0 Å². The highest BCUT2D eigenvalue weighted by molar-refractivity contribution is 4.98. The summed E-state index contributed by atoms with van der Waals surface area (Å²) < 4.78 is 42.9. The van der Waals surface area contributed by atoms with Crippen molar-refractivity contribution in [3.63, 3.8) is 0 Å². The van der Waals surface area contributed by atoms with E-state index in [0.29, 0.717) is 12.3 Å². The van der Waals surface area contributed by atoms with Gasteiger partial charge in [0.05, 0.1) is 0 Å². The first kappa shape index (κ1) is 16.6. The monoisotopic (exact) mass is 316 g/mol. The second kappa shape index (κ2) is 7.13. The van der Waals surface area contributed by atoms with E-state index in [2.05, 4.69) is 6.92 Å². The first-order valence-corrected chi connectivity index (χ1v) is 9.48. The summed E-state index contributed by atoms with van der Waals surface area (Å²) in [6, 6.07) is 0. The summed E-state index contributed by atoms with van der Waals surface area (Å²) in [5.74, 6) is 0.803. The van der Waals surface area contributed by atoms with Gasteiger partial charge in [-0.2, -0.15) is 0 Å². The van der Waals surface area contributed by atoms with E-state index in [9.17, 15) is 13.2 Å². The highest BCUT2D eigenvalue weighted by Crippen LogP contribution is 2.48. The average Bonchev–Trinajstić information content (AvgIpc) is 2.51. The third kappa shape index (κ3) is 3.48. The molecular weight excluding hydrogens is 285 g/mol. The van der Waals surface area contributed by atoms with Crippen LogP contribution in [0.1, 0.15) is 71.1 Å². The van der Waals surface area contributed by atoms with Gasteiger partial charge in [0.1, 0.15) is 18.5 Å². The lowest BCUT2D eigenvalue weighted by molar-refractivity contribution is -0.0670. The van der Waals surface area contributed by atoms with Gasteiger partial charge in [-0.1, -0.05) is 45.4 Å². The van der Waals surface area contributed by atoms with Crippen LogP contribution in [-0.4, -0.2) is 18.5 Å². The smallest absolute Gasteiger partial charge is 0.137 e. The van der Waals surface area contributed by atoms with Crippen molar-refractivity contribution in [2.45, 2.75) is 89.6 Å². The molecule has 6 atom stereocenters. The number of hydrogen-bond donors (Lipinski definition) is 0. The van der Waals surface area contributed by atoms with Crippen molar-refractivity contribution in [2.75, 3.05) is 0 Å². The lowest BCUT2D eigenvalue weighted by Crippen LogP contribution is -2.49. The normalized spacial score (nSPS) is 49.6. The van der Waals surface area contributed by atoms with Gasteiger partial charge in [0.2, 0.25) is 0 Å². The van der Waals surface area contributed by atoms with Gasteiger partial charge in [-0.15, -0.1) is 0 Å². The van der Waals surface area contributed by atoms with Crippen LogP contribution >= 0.6 is 0 Å². The SMILES string of the molecule is CC1CCC(CCC2CC3CCCC(F)C3C(F)C2F)CC1. The molecule has 0 amide bonds. The van der Waals surface area contributed by atoms with Crippen molar-refractivity contribution >= 4 is 0 Å². The van der Waals surface area contributed by atoms with Gasteiger partial charge >= 0.3 is 0 Å². The molecule has 3 saturated carbocycles. The zero-order valence-electron chi connectivity index (χ0n) is 13.8. The highest BCUT2D eigenvalue weighted by atomic mass is 19.2. The fraction of sp³-hybridized carbons (Fsp3) is 1.00.